The van der Waals surface area contributed by atoms with Crippen LogP contribution in [0, 0.1) is 11.3 Å². The van der Waals surface area contributed by atoms with E-state index >= 15 is 0 Å². The number of aliphatic hydroxyl groups is 1. The van der Waals surface area contributed by atoms with Gasteiger partial charge in [0.25, 0.3) is 0 Å². The summed E-state index contributed by atoms with van der Waals surface area (Å²) in [6, 6.07) is 0. The van der Waals surface area contributed by atoms with Crippen molar-refractivity contribution in [3.63, 3.8) is 0 Å². The smallest absolute Gasteiger partial charge is 0.357 e. The average molecular weight is 294 g/mol. The molecule has 0 aliphatic carbocycles. The Morgan fingerprint density at radius 3 is 1.63 bits per heavy atom. The normalized spacial score (nSPS) is 16.7. The van der Waals surface area contributed by atoms with Crippen LogP contribution in [0.2, 0.25) is 0 Å². The molecule has 1 unspecified atom stereocenters. The van der Waals surface area contributed by atoms with Crippen molar-refractivity contribution in [3.05, 3.63) is 0 Å². The van der Waals surface area contributed by atoms with E-state index in [0.717, 1.165) is 25.7 Å². The minimum atomic E-state index is -4.57. The maximum atomic E-state index is 11.8. The molecule has 0 saturated heterocycles. The largest absolute Gasteiger partial charge is 0.377 e. The molecule has 0 radical (unpaired) electrons. The first-order valence-electron chi connectivity index (χ1n) is 7.34. The second-order valence-corrected chi connectivity index (χ2v) is 8.04. The van der Waals surface area contributed by atoms with Gasteiger partial charge in [0.05, 0.1) is 0 Å². The lowest BCUT2D eigenvalue weighted by Gasteiger charge is -2.48. The van der Waals surface area contributed by atoms with Crippen molar-refractivity contribution in [1.82, 2.24) is 0 Å². The number of hydrogen-bond donors (Lipinski definition) is 3. The van der Waals surface area contributed by atoms with Crippen LogP contribution in [-0.4, -0.2) is 20.2 Å². The summed E-state index contributed by atoms with van der Waals surface area (Å²) >= 11 is 0. The van der Waals surface area contributed by atoms with E-state index in [9.17, 15) is 19.5 Å². The van der Waals surface area contributed by atoms with Crippen LogP contribution in [0.25, 0.3) is 0 Å². The summed E-state index contributed by atoms with van der Waals surface area (Å²) < 4.78 is 11.8. The van der Waals surface area contributed by atoms with Gasteiger partial charge in [-0.3, -0.25) is 4.57 Å². The van der Waals surface area contributed by atoms with E-state index in [2.05, 4.69) is 13.8 Å². The Kier molecular flexibility index (Phi) is 7.26. The van der Waals surface area contributed by atoms with Crippen molar-refractivity contribution >= 4 is 7.60 Å². The predicted molar refractivity (Wildman–Crippen MR) is 79.0 cm³/mol. The molecule has 1 atom stereocenters. The molecule has 116 valence electrons. The molecule has 0 heterocycles. The topological polar surface area (TPSA) is 77.8 Å². The molecule has 0 aromatic carbocycles. The van der Waals surface area contributed by atoms with Gasteiger partial charge in [0.2, 0.25) is 0 Å². The number of rotatable bonds is 9. The molecule has 0 bridgehead atoms. The van der Waals surface area contributed by atoms with Crippen LogP contribution >= 0.6 is 7.60 Å². The summed E-state index contributed by atoms with van der Waals surface area (Å²) in [4.78, 5) is 19.2. The van der Waals surface area contributed by atoms with Crippen LogP contribution in [0.15, 0.2) is 0 Å². The first-order valence-corrected chi connectivity index (χ1v) is 8.96. The highest BCUT2D eigenvalue weighted by molar-refractivity contribution is 7.53. The zero-order valence-corrected chi connectivity index (χ0v) is 13.9. The summed E-state index contributed by atoms with van der Waals surface area (Å²) in [7, 11) is -4.57. The lowest BCUT2D eigenvalue weighted by molar-refractivity contribution is -0.0648. The molecule has 0 spiro atoms. The highest BCUT2D eigenvalue weighted by Crippen LogP contribution is 2.63. The van der Waals surface area contributed by atoms with Crippen molar-refractivity contribution in [3.8, 4) is 0 Å². The monoisotopic (exact) mass is 294 g/mol. The maximum Gasteiger partial charge on any atom is 0.357 e. The molecule has 0 aliphatic heterocycles. The van der Waals surface area contributed by atoms with E-state index in [1.54, 1.807) is 0 Å². The molecule has 5 heteroatoms. The summed E-state index contributed by atoms with van der Waals surface area (Å²) in [5, 5.41) is 8.66. The molecule has 4 nitrogen and oxygen atoms in total. The SMILES string of the molecule is CCCCC(CCCC)(C(C)C)C(C)(O)P(=O)(O)O. The minimum absolute atomic E-state index is 0.0215. The van der Waals surface area contributed by atoms with Crippen molar-refractivity contribution < 1.29 is 19.5 Å². The van der Waals surface area contributed by atoms with Gasteiger partial charge in [-0.1, -0.05) is 53.4 Å². The molecule has 0 saturated carbocycles. The Morgan fingerprint density at radius 2 is 1.42 bits per heavy atom. The van der Waals surface area contributed by atoms with E-state index in [1.165, 1.54) is 6.92 Å². The van der Waals surface area contributed by atoms with Crippen LogP contribution in [0.4, 0.5) is 0 Å². The lowest BCUT2D eigenvalue weighted by atomic mass is 9.66. The zero-order chi connectivity index (χ0) is 15.3. The summed E-state index contributed by atoms with van der Waals surface area (Å²) in [6.45, 7) is 9.33. The first-order chi connectivity index (χ1) is 8.56. The Hall–Kier alpha value is 0.110. The predicted octanol–water partition coefficient (Wildman–Crippen LogP) is 3.90. The highest BCUT2D eigenvalue weighted by Gasteiger charge is 2.57. The third-order valence-corrected chi connectivity index (χ3v) is 6.15. The Balaban J connectivity index is 5.60. The van der Waals surface area contributed by atoms with Gasteiger partial charge in [-0.15, -0.1) is 0 Å². The third kappa shape index (κ3) is 4.04. The van der Waals surface area contributed by atoms with Crippen molar-refractivity contribution in [1.29, 1.82) is 0 Å². The fourth-order valence-corrected chi connectivity index (χ4v) is 4.06. The van der Waals surface area contributed by atoms with Gasteiger partial charge in [-0.05, 0) is 25.7 Å². The molecule has 0 amide bonds. The van der Waals surface area contributed by atoms with Crippen LogP contribution in [0.3, 0.4) is 0 Å². The van der Waals surface area contributed by atoms with Gasteiger partial charge < -0.3 is 14.9 Å². The van der Waals surface area contributed by atoms with Crippen LogP contribution in [0.1, 0.15) is 73.1 Å². The quantitative estimate of drug-likeness (QED) is 0.564. The fourth-order valence-electron chi connectivity index (χ4n) is 3.00. The van der Waals surface area contributed by atoms with Crippen molar-refractivity contribution in [2.45, 2.75) is 78.5 Å². The van der Waals surface area contributed by atoms with Crippen molar-refractivity contribution in [2.75, 3.05) is 0 Å². The molecular formula is C14H31O4P. The second-order valence-electron chi connectivity index (χ2n) is 6.08. The Morgan fingerprint density at radius 1 is 1.05 bits per heavy atom. The number of hydrogen-bond acceptors (Lipinski definition) is 2. The standard InChI is InChI=1S/C14H31O4P/c1-6-8-10-14(12(3)4,11-9-7-2)13(5,15)19(16,17)18/h12,15H,6-11H2,1-5H3,(H2,16,17,18). The van der Waals surface area contributed by atoms with Gasteiger partial charge >= 0.3 is 7.60 Å². The van der Waals surface area contributed by atoms with E-state index in [4.69, 9.17) is 0 Å². The minimum Gasteiger partial charge on any atom is -0.377 e. The second kappa shape index (κ2) is 7.21. The summed E-state index contributed by atoms with van der Waals surface area (Å²) in [5.74, 6) is 0.0215. The lowest BCUT2D eigenvalue weighted by Crippen LogP contribution is -2.49. The van der Waals surface area contributed by atoms with Crippen LogP contribution in [0.5, 0.6) is 0 Å². The first kappa shape index (κ1) is 19.1. The van der Waals surface area contributed by atoms with E-state index in [-0.39, 0.29) is 5.92 Å². The molecule has 0 aliphatic rings. The average Bonchev–Trinajstić information content (AvgIpc) is 2.27. The maximum absolute atomic E-state index is 11.8. The van der Waals surface area contributed by atoms with Gasteiger partial charge in [0, 0.05) is 5.41 Å². The van der Waals surface area contributed by atoms with Gasteiger partial charge in [0.15, 0.2) is 5.34 Å². The van der Waals surface area contributed by atoms with Crippen LogP contribution in [-0.2, 0) is 4.57 Å². The molecule has 0 aromatic heterocycles. The summed E-state index contributed by atoms with van der Waals surface area (Å²) in [5.41, 5.74) is -0.724. The molecule has 0 fully saturated rings. The Bertz CT molecular complexity index is 299. The Labute approximate surface area is 117 Å². The van der Waals surface area contributed by atoms with E-state index in [1.807, 2.05) is 13.8 Å². The van der Waals surface area contributed by atoms with Crippen molar-refractivity contribution in [2.24, 2.45) is 11.3 Å². The van der Waals surface area contributed by atoms with Gasteiger partial charge in [-0.25, -0.2) is 0 Å². The molecule has 19 heavy (non-hydrogen) atoms. The highest BCUT2D eigenvalue weighted by atomic mass is 31.2. The summed E-state index contributed by atoms with van der Waals surface area (Å²) in [6.07, 6.45) is 4.96. The molecule has 3 N–H and O–H groups in total. The van der Waals surface area contributed by atoms with Gasteiger partial charge in [0.1, 0.15) is 0 Å². The van der Waals surface area contributed by atoms with Gasteiger partial charge in [-0.2, -0.15) is 0 Å². The third-order valence-electron chi connectivity index (χ3n) is 4.57. The molecule has 0 rings (SSSR count). The molecular weight excluding hydrogens is 263 g/mol. The fraction of sp³-hybridized carbons (Fsp3) is 1.00. The molecule has 0 aromatic rings. The van der Waals surface area contributed by atoms with E-state index < -0.39 is 18.4 Å². The van der Waals surface area contributed by atoms with E-state index in [0.29, 0.717) is 12.8 Å². The zero-order valence-electron chi connectivity index (χ0n) is 13.0. The van der Waals surface area contributed by atoms with Crippen LogP contribution < -0.4 is 0 Å². The number of unbranched alkanes of at least 4 members (excludes halogenated alkanes) is 2.